The van der Waals surface area contributed by atoms with Crippen molar-refractivity contribution in [3.05, 3.63) is 101 Å². The van der Waals surface area contributed by atoms with E-state index in [1.807, 2.05) is 42.5 Å². The van der Waals surface area contributed by atoms with Gasteiger partial charge in [0.15, 0.2) is 5.11 Å². The van der Waals surface area contributed by atoms with Gasteiger partial charge in [0.2, 0.25) is 0 Å². The highest BCUT2D eigenvalue weighted by Crippen LogP contribution is 2.23. The van der Waals surface area contributed by atoms with Gasteiger partial charge in [0.25, 0.3) is 0 Å². The van der Waals surface area contributed by atoms with E-state index in [0.29, 0.717) is 10.1 Å². The van der Waals surface area contributed by atoms with Gasteiger partial charge >= 0.3 is 0 Å². The largest absolute Gasteiger partial charge is 0.352 e. The molecule has 126 valence electrons. The predicted molar refractivity (Wildman–Crippen MR) is 110 cm³/mol. The van der Waals surface area contributed by atoms with E-state index in [-0.39, 0.29) is 6.04 Å². The number of anilines is 1. The van der Waals surface area contributed by atoms with Crippen molar-refractivity contribution in [2.45, 2.75) is 13.0 Å². The fraction of sp³-hybridized carbons (Fsp3) is 0.0952. The van der Waals surface area contributed by atoms with Gasteiger partial charge in [-0.2, -0.15) is 0 Å². The van der Waals surface area contributed by atoms with Crippen LogP contribution in [0.3, 0.4) is 0 Å². The van der Waals surface area contributed by atoms with E-state index in [9.17, 15) is 0 Å². The summed E-state index contributed by atoms with van der Waals surface area (Å²) in [7, 11) is 0. The van der Waals surface area contributed by atoms with Gasteiger partial charge in [-0.15, -0.1) is 0 Å². The van der Waals surface area contributed by atoms with Gasteiger partial charge in [-0.25, -0.2) is 0 Å². The first-order chi connectivity index (χ1) is 12.1. The third-order valence-corrected chi connectivity index (χ3v) is 4.32. The second kappa shape index (κ2) is 8.15. The van der Waals surface area contributed by atoms with Gasteiger partial charge in [0.1, 0.15) is 0 Å². The number of thiocarbonyl (C=S) groups is 1. The molecule has 3 aromatic carbocycles. The van der Waals surface area contributed by atoms with E-state index in [0.717, 1.165) is 11.3 Å². The summed E-state index contributed by atoms with van der Waals surface area (Å²) in [4.78, 5) is 0. The van der Waals surface area contributed by atoms with Crippen molar-refractivity contribution < 1.29 is 0 Å². The van der Waals surface area contributed by atoms with Crippen LogP contribution in [0.15, 0.2) is 78.9 Å². The first-order valence-electron chi connectivity index (χ1n) is 8.06. The summed E-state index contributed by atoms with van der Waals surface area (Å²) in [6.45, 7) is 2.09. The van der Waals surface area contributed by atoms with Crippen LogP contribution < -0.4 is 10.6 Å². The van der Waals surface area contributed by atoms with Crippen LogP contribution in [0.4, 0.5) is 5.69 Å². The molecular formula is C21H19ClN2S. The van der Waals surface area contributed by atoms with Crippen molar-refractivity contribution in [1.82, 2.24) is 5.32 Å². The van der Waals surface area contributed by atoms with Gasteiger partial charge in [0, 0.05) is 10.7 Å². The minimum absolute atomic E-state index is 0.0275. The number of rotatable bonds is 4. The second-order valence-electron chi connectivity index (χ2n) is 5.87. The lowest BCUT2D eigenvalue weighted by Crippen LogP contribution is -2.33. The molecule has 2 nitrogen and oxygen atoms in total. The Bertz CT molecular complexity index is 865. The maximum absolute atomic E-state index is 6.04. The third-order valence-electron chi connectivity index (χ3n) is 3.87. The molecule has 0 aliphatic heterocycles. The number of aryl methyl sites for hydroxylation is 1. The molecule has 1 atom stereocenters. The normalized spacial score (nSPS) is 11.6. The van der Waals surface area contributed by atoms with Crippen LogP contribution in [0.25, 0.3) is 0 Å². The summed E-state index contributed by atoms with van der Waals surface area (Å²) in [5, 5.41) is 7.85. The average molecular weight is 367 g/mol. The Labute approximate surface area is 158 Å². The molecule has 0 amide bonds. The molecule has 25 heavy (non-hydrogen) atoms. The smallest absolute Gasteiger partial charge is 0.171 e. The Morgan fingerprint density at radius 2 is 1.60 bits per heavy atom. The number of hydrogen-bond donors (Lipinski definition) is 2. The van der Waals surface area contributed by atoms with Gasteiger partial charge in [0.05, 0.1) is 6.04 Å². The first kappa shape index (κ1) is 17.5. The number of nitrogens with one attached hydrogen (secondary N) is 2. The van der Waals surface area contributed by atoms with E-state index >= 15 is 0 Å². The summed E-state index contributed by atoms with van der Waals surface area (Å²) in [6, 6.07) is 26.2. The monoisotopic (exact) mass is 366 g/mol. The molecular weight excluding hydrogens is 348 g/mol. The van der Waals surface area contributed by atoms with E-state index in [1.54, 1.807) is 0 Å². The van der Waals surface area contributed by atoms with E-state index in [1.165, 1.54) is 11.1 Å². The standard InChI is InChI=1S/C21H19ClN2S/c1-15-7-5-10-17(13-15)20(16-8-3-2-4-9-16)24-21(25)23-19-12-6-11-18(22)14-19/h2-14,20H,1H3,(H2,23,24,25)/t20-/m1/s1. The van der Waals surface area contributed by atoms with Crippen molar-refractivity contribution in [1.29, 1.82) is 0 Å². The fourth-order valence-corrected chi connectivity index (χ4v) is 3.14. The summed E-state index contributed by atoms with van der Waals surface area (Å²) >= 11 is 11.6. The lowest BCUT2D eigenvalue weighted by atomic mass is 9.97. The van der Waals surface area contributed by atoms with Crippen molar-refractivity contribution >= 4 is 34.6 Å². The molecule has 0 radical (unpaired) electrons. The lowest BCUT2D eigenvalue weighted by molar-refractivity contribution is 0.768. The zero-order valence-corrected chi connectivity index (χ0v) is 15.4. The zero-order chi connectivity index (χ0) is 17.6. The molecule has 0 aliphatic carbocycles. The highest BCUT2D eigenvalue weighted by Gasteiger charge is 2.15. The number of benzene rings is 3. The van der Waals surface area contributed by atoms with Gasteiger partial charge in [-0.05, 0) is 48.5 Å². The molecule has 0 saturated heterocycles. The molecule has 3 aromatic rings. The van der Waals surface area contributed by atoms with Gasteiger partial charge in [-0.3, -0.25) is 0 Å². The van der Waals surface area contributed by atoms with Crippen LogP contribution in [0.5, 0.6) is 0 Å². The minimum atomic E-state index is -0.0275. The zero-order valence-electron chi connectivity index (χ0n) is 13.9. The number of hydrogen-bond acceptors (Lipinski definition) is 1. The van der Waals surface area contributed by atoms with Crippen molar-refractivity contribution in [2.75, 3.05) is 5.32 Å². The number of halogens is 1. The van der Waals surface area contributed by atoms with Crippen LogP contribution in [-0.4, -0.2) is 5.11 Å². The van der Waals surface area contributed by atoms with Crippen LogP contribution in [0.1, 0.15) is 22.7 Å². The SMILES string of the molecule is Cc1cccc([C@H](NC(=S)Nc2cccc(Cl)c2)c2ccccc2)c1. The highest BCUT2D eigenvalue weighted by atomic mass is 35.5. The molecule has 0 heterocycles. The molecule has 0 aliphatic rings. The maximum Gasteiger partial charge on any atom is 0.171 e. The molecule has 0 bridgehead atoms. The fourth-order valence-electron chi connectivity index (χ4n) is 2.72. The van der Waals surface area contributed by atoms with Crippen LogP contribution in [-0.2, 0) is 0 Å². The Morgan fingerprint density at radius 1 is 0.880 bits per heavy atom. The Kier molecular flexibility index (Phi) is 5.69. The van der Waals surface area contributed by atoms with E-state index < -0.39 is 0 Å². The topological polar surface area (TPSA) is 24.1 Å². The molecule has 0 unspecified atom stereocenters. The summed E-state index contributed by atoms with van der Waals surface area (Å²) in [5.74, 6) is 0. The molecule has 0 aromatic heterocycles. The van der Waals surface area contributed by atoms with E-state index in [4.69, 9.17) is 23.8 Å². The molecule has 3 rings (SSSR count). The summed E-state index contributed by atoms with van der Waals surface area (Å²) in [5.41, 5.74) is 4.40. The molecule has 2 N–H and O–H groups in total. The molecule has 0 fully saturated rings. The molecule has 4 heteroatoms. The predicted octanol–water partition coefficient (Wildman–Crippen LogP) is 5.72. The lowest BCUT2D eigenvalue weighted by Gasteiger charge is -2.22. The van der Waals surface area contributed by atoms with Gasteiger partial charge in [-0.1, -0.05) is 77.8 Å². The molecule has 0 spiro atoms. The Balaban J connectivity index is 1.84. The Morgan fingerprint density at radius 3 is 2.32 bits per heavy atom. The van der Waals surface area contributed by atoms with E-state index in [2.05, 4.69) is 54.0 Å². The molecule has 0 saturated carbocycles. The van der Waals surface area contributed by atoms with Crippen LogP contribution in [0.2, 0.25) is 5.02 Å². The van der Waals surface area contributed by atoms with Crippen molar-refractivity contribution in [2.24, 2.45) is 0 Å². The first-order valence-corrected chi connectivity index (χ1v) is 8.85. The second-order valence-corrected chi connectivity index (χ2v) is 6.71. The maximum atomic E-state index is 6.04. The summed E-state index contributed by atoms with van der Waals surface area (Å²) < 4.78 is 0. The average Bonchev–Trinajstić information content (AvgIpc) is 2.60. The summed E-state index contributed by atoms with van der Waals surface area (Å²) in [6.07, 6.45) is 0. The Hall–Kier alpha value is -2.36. The van der Waals surface area contributed by atoms with Crippen LogP contribution in [0, 0.1) is 6.92 Å². The highest BCUT2D eigenvalue weighted by molar-refractivity contribution is 7.80. The minimum Gasteiger partial charge on any atom is -0.352 e. The third kappa shape index (κ3) is 4.81. The van der Waals surface area contributed by atoms with Crippen molar-refractivity contribution in [3.8, 4) is 0 Å². The van der Waals surface area contributed by atoms with Crippen LogP contribution >= 0.6 is 23.8 Å². The van der Waals surface area contributed by atoms with Crippen molar-refractivity contribution in [3.63, 3.8) is 0 Å². The van der Waals surface area contributed by atoms with Gasteiger partial charge < -0.3 is 10.6 Å². The quantitative estimate of drug-likeness (QED) is 0.577.